The van der Waals surface area contributed by atoms with Gasteiger partial charge in [-0.3, -0.25) is 14.4 Å². The lowest BCUT2D eigenvalue weighted by Gasteiger charge is -2.37. The standard InChI is InChI=1S/C32H33N3O5/c1-19-13-14-20(2)23(17-19)34-30(38)28-32-16-15-25(40-32)26(29(37)33-22-11-7-4-8-12-22)27(32)31(39)35(28)24(18-36)21-9-5-3-6-10-21/h3-14,17,24-28,36H,15-16,18H2,1-2H3,(H,33,37)(H,34,38)/t24-,25+,26-,27+,28?,32?/m1/s1. The minimum Gasteiger partial charge on any atom is -0.394 e. The number of anilines is 2. The van der Waals surface area contributed by atoms with Gasteiger partial charge in [-0.15, -0.1) is 0 Å². The number of rotatable bonds is 7. The zero-order valence-electron chi connectivity index (χ0n) is 22.5. The van der Waals surface area contributed by atoms with Crippen molar-refractivity contribution in [3.8, 4) is 0 Å². The normalized spacial score (nSPS) is 27.4. The van der Waals surface area contributed by atoms with Crippen LogP contribution in [0.3, 0.4) is 0 Å². The second-order valence-electron chi connectivity index (χ2n) is 11.1. The maximum Gasteiger partial charge on any atom is 0.250 e. The molecule has 2 unspecified atom stereocenters. The molecule has 206 valence electrons. The fourth-order valence-electron chi connectivity index (χ4n) is 6.87. The highest BCUT2D eigenvalue weighted by molar-refractivity contribution is 6.05. The van der Waals surface area contributed by atoms with Crippen LogP contribution in [-0.2, 0) is 19.1 Å². The summed E-state index contributed by atoms with van der Waals surface area (Å²) in [4.78, 5) is 43.7. The lowest BCUT2D eigenvalue weighted by molar-refractivity contribution is -0.143. The second-order valence-corrected chi connectivity index (χ2v) is 11.1. The number of aryl methyl sites for hydroxylation is 2. The van der Waals surface area contributed by atoms with Crippen molar-refractivity contribution in [2.45, 2.75) is 50.5 Å². The first-order chi connectivity index (χ1) is 19.3. The number of para-hydroxylation sites is 1. The number of likely N-dealkylation sites (tertiary alicyclic amines) is 1. The van der Waals surface area contributed by atoms with Crippen molar-refractivity contribution in [1.29, 1.82) is 0 Å². The number of carbonyl (C=O) groups is 3. The van der Waals surface area contributed by atoms with Gasteiger partial charge in [-0.25, -0.2) is 0 Å². The fraction of sp³-hybridized carbons (Fsp3) is 0.344. The molecule has 1 spiro atoms. The van der Waals surface area contributed by atoms with E-state index in [1.165, 1.54) is 4.90 Å². The maximum absolute atomic E-state index is 14.4. The third kappa shape index (κ3) is 4.19. The summed E-state index contributed by atoms with van der Waals surface area (Å²) in [6, 6.07) is 22.3. The van der Waals surface area contributed by atoms with Crippen LogP contribution in [0.5, 0.6) is 0 Å². The van der Waals surface area contributed by atoms with E-state index in [1.54, 1.807) is 12.1 Å². The van der Waals surface area contributed by atoms with Gasteiger partial charge in [0.25, 0.3) is 0 Å². The monoisotopic (exact) mass is 539 g/mol. The van der Waals surface area contributed by atoms with Crippen molar-refractivity contribution in [3.05, 3.63) is 95.6 Å². The highest BCUT2D eigenvalue weighted by atomic mass is 16.5. The SMILES string of the molecule is Cc1ccc(C)c(NC(=O)C2N([C@H](CO)c3ccccc3)C(=O)[C@@H]3[C@H](C(=O)Nc4ccccc4)[C@@H]4CCC23O4)c1. The molecular weight excluding hydrogens is 506 g/mol. The number of hydrogen-bond donors (Lipinski definition) is 3. The number of benzene rings is 3. The van der Waals surface area contributed by atoms with Gasteiger partial charge < -0.3 is 25.4 Å². The lowest BCUT2D eigenvalue weighted by atomic mass is 9.70. The number of carbonyl (C=O) groups excluding carboxylic acids is 3. The van der Waals surface area contributed by atoms with Gasteiger partial charge in [0.1, 0.15) is 11.6 Å². The Kier molecular flexibility index (Phi) is 6.68. The molecule has 8 heteroatoms. The molecule has 0 aromatic heterocycles. The predicted molar refractivity (Wildman–Crippen MR) is 150 cm³/mol. The average molecular weight is 540 g/mol. The summed E-state index contributed by atoms with van der Waals surface area (Å²) in [6.45, 7) is 3.48. The lowest BCUT2D eigenvalue weighted by Crippen LogP contribution is -2.54. The van der Waals surface area contributed by atoms with Crippen LogP contribution in [0.1, 0.15) is 35.6 Å². The molecule has 3 aliphatic rings. The molecule has 3 amide bonds. The quantitative estimate of drug-likeness (QED) is 0.421. The fourth-order valence-corrected chi connectivity index (χ4v) is 6.87. The molecule has 6 atom stereocenters. The van der Waals surface area contributed by atoms with E-state index in [0.717, 1.165) is 11.1 Å². The molecule has 3 aliphatic heterocycles. The average Bonchev–Trinajstić information content (AvgIpc) is 3.60. The van der Waals surface area contributed by atoms with E-state index in [2.05, 4.69) is 10.6 Å². The molecule has 2 bridgehead atoms. The minimum absolute atomic E-state index is 0.299. The Bertz CT molecular complexity index is 1450. The van der Waals surface area contributed by atoms with Crippen LogP contribution < -0.4 is 10.6 Å². The molecule has 3 saturated heterocycles. The zero-order valence-corrected chi connectivity index (χ0v) is 22.5. The van der Waals surface area contributed by atoms with Gasteiger partial charge in [-0.1, -0.05) is 60.7 Å². The van der Waals surface area contributed by atoms with E-state index in [4.69, 9.17) is 4.74 Å². The van der Waals surface area contributed by atoms with E-state index in [-0.39, 0.29) is 24.3 Å². The van der Waals surface area contributed by atoms with Crippen LogP contribution in [0.4, 0.5) is 11.4 Å². The van der Waals surface area contributed by atoms with Gasteiger partial charge in [-0.2, -0.15) is 0 Å². The molecule has 6 rings (SSSR count). The first-order valence-electron chi connectivity index (χ1n) is 13.7. The summed E-state index contributed by atoms with van der Waals surface area (Å²) in [7, 11) is 0. The van der Waals surface area contributed by atoms with Crippen molar-refractivity contribution in [2.75, 3.05) is 17.2 Å². The topological polar surface area (TPSA) is 108 Å². The van der Waals surface area contributed by atoms with E-state index in [1.807, 2.05) is 80.6 Å². The molecule has 3 heterocycles. The highest BCUT2D eigenvalue weighted by Crippen LogP contribution is 2.59. The predicted octanol–water partition coefficient (Wildman–Crippen LogP) is 3.99. The smallest absolute Gasteiger partial charge is 0.250 e. The number of nitrogens with zero attached hydrogens (tertiary/aromatic N) is 1. The third-order valence-corrected chi connectivity index (χ3v) is 8.67. The number of aliphatic hydroxyl groups excluding tert-OH is 1. The number of ether oxygens (including phenoxy) is 1. The van der Waals surface area contributed by atoms with Crippen LogP contribution in [0.15, 0.2) is 78.9 Å². The minimum atomic E-state index is -1.18. The van der Waals surface area contributed by atoms with Gasteiger partial charge in [0, 0.05) is 11.4 Å². The Hall–Kier alpha value is -4.01. The van der Waals surface area contributed by atoms with E-state index >= 15 is 0 Å². The largest absolute Gasteiger partial charge is 0.394 e. The van der Waals surface area contributed by atoms with Crippen LogP contribution in [0.25, 0.3) is 0 Å². The molecule has 3 fully saturated rings. The number of aliphatic hydroxyl groups is 1. The second kappa shape index (κ2) is 10.2. The summed E-state index contributed by atoms with van der Waals surface area (Å²) < 4.78 is 6.55. The number of hydrogen-bond acceptors (Lipinski definition) is 5. The third-order valence-electron chi connectivity index (χ3n) is 8.67. The number of amides is 3. The van der Waals surface area contributed by atoms with Gasteiger partial charge in [0.05, 0.1) is 30.6 Å². The Labute approximate surface area is 233 Å². The molecule has 0 saturated carbocycles. The van der Waals surface area contributed by atoms with Crippen LogP contribution >= 0.6 is 0 Å². The van der Waals surface area contributed by atoms with E-state index in [9.17, 15) is 19.5 Å². The molecule has 3 N–H and O–H groups in total. The Morgan fingerprint density at radius 3 is 2.40 bits per heavy atom. The molecule has 0 radical (unpaired) electrons. The molecule has 8 nitrogen and oxygen atoms in total. The van der Waals surface area contributed by atoms with Gasteiger partial charge >= 0.3 is 0 Å². The molecule has 40 heavy (non-hydrogen) atoms. The van der Waals surface area contributed by atoms with Gasteiger partial charge in [0.15, 0.2) is 0 Å². The van der Waals surface area contributed by atoms with Crippen LogP contribution in [-0.4, -0.2) is 52.1 Å². The first-order valence-corrected chi connectivity index (χ1v) is 13.7. The van der Waals surface area contributed by atoms with Gasteiger partial charge in [0.2, 0.25) is 17.7 Å². The van der Waals surface area contributed by atoms with Crippen LogP contribution in [0.2, 0.25) is 0 Å². The van der Waals surface area contributed by atoms with Crippen molar-refractivity contribution < 1.29 is 24.2 Å². The van der Waals surface area contributed by atoms with Crippen molar-refractivity contribution in [3.63, 3.8) is 0 Å². The number of fused-ring (bicyclic) bond motifs is 1. The van der Waals surface area contributed by atoms with Crippen molar-refractivity contribution in [2.24, 2.45) is 11.8 Å². The van der Waals surface area contributed by atoms with Crippen molar-refractivity contribution >= 4 is 29.1 Å². The molecular formula is C32H33N3O5. The summed E-state index contributed by atoms with van der Waals surface area (Å²) in [5.41, 5.74) is 2.70. The van der Waals surface area contributed by atoms with E-state index < -0.39 is 35.6 Å². The molecule has 0 aliphatic carbocycles. The van der Waals surface area contributed by atoms with E-state index in [0.29, 0.717) is 29.8 Å². The van der Waals surface area contributed by atoms with Crippen LogP contribution in [0, 0.1) is 25.7 Å². The van der Waals surface area contributed by atoms with Gasteiger partial charge in [-0.05, 0) is 61.6 Å². The zero-order chi connectivity index (χ0) is 28.0. The summed E-state index contributed by atoms with van der Waals surface area (Å²) >= 11 is 0. The Balaban J connectivity index is 1.41. The summed E-state index contributed by atoms with van der Waals surface area (Å²) in [5.74, 6) is -2.63. The Morgan fingerprint density at radius 2 is 1.70 bits per heavy atom. The maximum atomic E-state index is 14.4. The Morgan fingerprint density at radius 1 is 1.00 bits per heavy atom. The highest BCUT2D eigenvalue weighted by Gasteiger charge is 2.75. The number of nitrogens with one attached hydrogen (secondary N) is 2. The first kappa shape index (κ1) is 26.2. The van der Waals surface area contributed by atoms with Crippen molar-refractivity contribution in [1.82, 2.24) is 4.90 Å². The molecule has 3 aromatic carbocycles. The summed E-state index contributed by atoms with van der Waals surface area (Å²) in [5, 5.41) is 16.6. The summed E-state index contributed by atoms with van der Waals surface area (Å²) in [6.07, 6.45) is 0.560. The molecule has 3 aromatic rings.